The van der Waals surface area contributed by atoms with Crippen LogP contribution in [-0.4, -0.2) is 30.4 Å². The lowest BCUT2D eigenvalue weighted by Gasteiger charge is -2.17. The Labute approximate surface area is 109 Å². The second-order valence-electron chi connectivity index (χ2n) is 3.63. The number of nitrogens with two attached hydrogens (primary N) is 1. The molecule has 0 heterocycles. The van der Waals surface area contributed by atoms with Crippen molar-refractivity contribution in [3.8, 4) is 0 Å². The Morgan fingerprint density at radius 1 is 1.24 bits per heavy atom. The molecule has 5 heteroatoms. The summed E-state index contributed by atoms with van der Waals surface area (Å²) in [5.74, 6) is 0.00784. The summed E-state index contributed by atoms with van der Waals surface area (Å²) in [5.41, 5.74) is 7.04. The minimum absolute atomic E-state index is 0. The number of carbonyl (C=O) groups is 1. The molecule has 1 aromatic rings. The van der Waals surface area contributed by atoms with E-state index in [0.717, 1.165) is 18.8 Å². The maximum absolute atomic E-state index is 11.6. The molecule has 0 aliphatic rings. The van der Waals surface area contributed by atoms with Crippen LogP contribution in [0.15, 0.2) is 24.3 Å². The molecule has 0 aliphatic carbocycles. The van der Waals surface area contributed by atoms with Gasteiger partial charge in [-0.15, -0.1) is 12.4 Å². The van der Waals surface area contributed by atoms with Crippen LogP contribution >= 0.6 is 12.4 Å². The molecule has 4 nitrogen and oxygen atoms in total. The van der Waals surface area contributed by atoms with Crippen LogP contribution in [0.3, 0.4) is 0 Å². The number of nitrogen functional groups attached to an aromatic ring is 1. The standard InChI is InChI=1S/C12H19N3O.ClH/c1-3-15(4-2)9-12(16)14-11-7-5-10(13)6-8-11;/h5-8H,3-4,9,13H2,1-2H3,(H,14,16);1H. The second kappa shape index (κ2) is 7.92. The van der Waals surface area contributed by atoms with Crippen LogP contribution < -0.4 is 11.1 Å². The molecule has 1 rings (SSSR count). The Hall–Kier alpha value is -1.26. The molecule has 0 bridgehead atoms. The van der Waals surface area contributed by atoms with Crippen molar-refractivity contribution in [2.45, 2.75) is 13.8 Å². The Morgan fingerprint density at radius 2 is 1.76 bits per heavy atom. The average Bonchev–Trinajstić information content (AvgIpc) is 2.29. The number of likely N-dealkylation sites (N-methyl/N-ethyl adjacent to an activating group) is 1. The number of benzene rings is 1. The van der Waals surface area contributed by atoms with Crippen molar-refractivity contribution in [1.29, 1.82) is 0 Å². The van der Waals surface area contributed by atoms with E-state index < -0.39 is 0 Å². The number of nitrogens with zero attached hydrogens (tertiary/aromatic N) is 1. The van der Waals surface area contributed by atoms with Gasteiger partial charge in [0.25, 0.3) is 0 Å². The summed E-state index contributed by atoms with van der Waals surface area (Å²) in [6.45, 7) is 6.27. The molecule has 0 aromatic heterocycles. The number of halogens is 1. The van der Waals surface area contributed by atoms with Gasteiger partial charge in [0.05, 0.1) is 6.54 Å². The number of anilines is 2. The normalized spacial score (nSPS) is 9.82. The van der Waals surface area contributed by atoms with E-state index in [2.05, 4.69) is 10.2 Å². The van der Waals surface area contributed by atoms with Crippen LogP contribution in [0.1, 0.15) is 13.8 Å². The SMILES string of the molecule is CCN(CC)CC(=O)Nc1ccc(N)cc1.Cl. The first-order valence-electron chi connectivity index (χ1n) is 5.53. The highest BCUT2D eigenvalue weighted by Crippen LogP contribution is 2.10. The van der Waals surface area contributed by atoms with Gasteiger partial charge in [-0.25, -0.2) is 0 Å². The van der Waals surface area contributed by atoms with E-state index in [0.29, 0.717) is 12.2 Å². The number of nitrogens with one attached hydrogen (secondary N) is 1. The van der Waals surface area contributed by atoms with E-state index in [1.165, 1.54) is 0 Å². The lowest BCUT2D eigenvalue weighted by Crippen LogP contribution is -2.32. The summed E-state index contributed by atoms with van der Waals surface area (Å²) in [6, 6.07) is 7.14. The first-order chi connectivity index (χ1) is 7.65. The Balaban J connectivity index is 0.00000256. The van der Waals surface area contributed by atoms with Crippen molar-refractivity contribution in [3.05, 3.63) is 24.3 Å². The van der Waals surface area contributed by atoms with Crippen molar-refractivity contribution in [2.75, 3.05) is 30.7 Å². The summed E-state index contributed by atoms with van der Waals surface area (Å²) < 4.78 is 0. The zero-order valence-electron chi connectivity index (χ0n) is 10.3. The third-order valence-corrected chi connectivity index (χ3v) is 2.46. The zero-order valence-corrected chi connectivity index (χ0v) is 11.1. The Kier molecular flexibility index (Phi) is 7.34. The third kappa shape index (κ3) is 5.56. The van der Waals surface area contributed by atoms with Gasteiger partial charge in [-0.05, 0) is 37.4 Å². The predicted octanol–water partition coefficient (Wildman–Crippen LogP) is 1.97. The number of amides is 1. The van der Waals surface area contributed by atoms with E-state index >= 15 is 0 Å². The molecule has 1 amide bonds. The minimum Gasteiger partial charge on any atom is -0.399 e. The largest absolute Gasteiger partial charge is 0.399 e. The van der Waals surface area contributed by atoms with Gasteiger partial charge >= 0.3 is 0 Å². The van der Waals surface area contributed by atoms with Gasteiger partial charge in [-0.3, -0.25) is 9.69 Å². The Morgan fingerprint density at radius 3 is 2.24 bits per heavy atom. The van der Waals surface area contributed by atoms with Crippen LogP contribution in [0.25, 0.3) is 0 Å². The topological polar surface area (TPSA) is 58.4 Å². The van der Waals surface area contributed by atoms with Crippen molar-refractivity contribution < 1.29 is 4.79 Å². The van der Waals surface area contributed by atoms with E-state index in [4.69, 9.17) is 5.73 Å². The van der Waals surface area contributed by atoms with E-state index in [9.17, 15) is 4.79 Å². The lowest BCUT2D eigenvalue weighted by molar-refractivity contribution is -0.117. The smallest absolute Gasteiger partial charge is 0.238 e. The highest BCUT2D eigenvalue weighted by molar-refractivity contribution is 5.92. The van der Waals surface area contributed by atoms with Crippen LogP contribution in [0.2, 0.25) is 0 Å². The van der Waals surface area contributed by atoms with Gasteiger partial charge in [0.15, 0.2) is 0 Å². The highest BCUT2D eigenvalue weighted by Gasteiger charge is 2.06. The number of carbonyl (C=O) groups excluding carboxylic acids is 1. The Bertz CT molecular complexity index is 336. The van der Waals surface area contributed by atoms with Gasteiger partial charge in [-0.1, -0.05) is 13.8 Å². The number of rotatable bonds is 5. The molecular weight excluding hydrogens is 238 g/mol. The van der Waals surface area contributed by atoms with Gasteiger partial charge in [0.2, 0.25) is 5.91 Å². The van der Waals surface area contributed by atoms with Crippen LogP contribution in [0.5, 0.6) is 0 Å². The summed E-state index contributed by atoms with van der Waals surface area (Å²) in [4.78, 5) is 13.7. The monoisotopic (exact) mass is 257 g/mol. The summed E-state index contributed by atoms with van der Waals surface area (Å²) in [5, 5.41) is 2.83. The first-order valence-corrected chi connectivity index (χ1v) is 5.53. The summed E-state index contributed by atoms with van der Waals surface area (Å²) in [7, 11) is 0. The molecule has 0 saturated heterocycles. The molecule has 0 aliphatic heterocycles. The number of hydrogen-bond acceptors (Lipinski definition) is 3. The molecule has 96 valence electrons. The summed E-state index contributed by atoms with van der Waals surface area (Å²) >= 11 is 0. The highest BCUT2D eigenvalue weighted by atomic mass is 35.5. The molecule has 17 heavy (non-hydrogen) atoms. The molecule has 0 atom stereocenters. The van der Waals surface area contributed by atoms with Crippen molar-refractivity contribution in [3.63, 3.8) is 0 Å². The van der Waals surface area contributed by atoms with E-state index in [1.54, 1.807) is 24.3 Å². The molecular formula is C12H20ClN3O. The molecule has 3 N–H and O–H groups in total. The molecule has 0 fully saturated rings. The summed E-state index contributed by atoms with van der Waals surface area (Å²) in [6.07, 6.45) is 0. The van der Waals surface area contributed by atoms with E-state index in [-0.39, 0.29) is 18.3 Å². The van der Waals surface area contributed by atoms with Crippen LogP contribution in [-0.2, 0) is 4.79 Å². The molecule has 1 aromatic carbocycles. The fourth-order valence-electron chi connectivity index (χ4n) is 1.42. The van der Waals surface area contributed by atoms with Crippen LogP contribution in [0.4, 0.5) is 11.4 Å². The van der Waals surface area contributed by atoms with Crippen LogP contribution in [0, 0.1) is 0 Å². The lowest BCUT2D eigenvalue weighted by atomic mass is 10.3. The van der Waals surface area contributed by atoms with E-state index in [1.807, 2.05) is 13.8 Å². The van der Waals surface area contributed by atoms with Crippen molar-refractivity contribution in [1.82, 2.24) is 4.90 Å². The fraction of sp³-hybridized carbons (Fsp3) is 0.417. The zero-order chi connectivity index (χ0) is 12.0. The van der Waals surface area contributed by atoms with Gasteiger partial charge in [-0.2, -0.15) is 0 Å². The maximum Gasteiger partial charge on any atom is 0.238 e. The number of hydrogen-bond donors (Lipinski definition) is 2. The average molecular weight is 258 g/mol. The van der Waals surface area contributed by atoms with Crippen molar-refractivity contribution in [2.24, 2.45) is 0 Å². The van der Waals surface area contributed by atoms with Crippen molar-refractivity contribution >= 4 is 29.7 Å². The minimum atomic E-state index is 0. The van der Waals surface area contributed by atoms with Gasteiger partial charge < -0.3 is 11.1 Å². The second-order valence-corrected chi connectivity index (χ2v) is 3.63. The quantitative estimate of drug-likeness (QED) is 0.793. The maximum atomic E-state index is 11.6. The molecule has 0 saturated carbocycles. The fourth-order valence-corrected chi connectivity index (χ4v) is 1.42. The predicted molar refractivity (Wildman–Crippen MR) is 74.5 cm³/mol. The molecule has 0 radical (unpaired) electrons. The molecule has 0 unspecified atom stereocenters. The third-order valence-electron chi connectivity index (χ3n) is 2.46. The van der Waals surface area contributed by atoms with Gasteiger partial charge in [0, 0.05) is 11.4 Å². The van der Waals surface area contributed by atoms with Gasteiger partial charge in [0.1, 0.15) is 0 Å². The molecule has 0 spiro atoms. The first kappa shape index (κ1) is 15.7.